The number of nitrogens with zero attached hydrogens (tertiary/aromatic N) is 3. The third-order valence-electron chi connectivity index (χ3n) is 5.39. The van der Waals surface area contributed by atoms with Gasteiger partial charge in [0.1, 0.15) is 11.8 Å². The molecule has 2 saturated heterocycles. The van der Waals surface area contributed by atoms with Crippen molar-refractivity contribution in [3.8, 4) is 5.75 Å². The van der Waals surface area contributed by atoms with E-state index in [2.05, 4.69) is 10.6 Å². The van der Waals surface area contributed by atoms with Gasteiger partial charge in [-0.2, -0.15) is 0 Å². The van der Waals surface area contributed by atoms with Gasteiger partial charge in [0.2, 0.25) is 24.1 Å². The third kappa shape index (κ3) is 6.17. The summed E-state index contributed by atoms with van der Waals surface area (Å²) in [5.41, 5.74) is 0.593. The van der Waals surface area contributed by atoms with Gasteiger partial charge in [-0.1, -0.05) is 0 Å². The van der Waals surface area contributed by atoms with Gasteiger partial charge in [-0.05, 0) is 31.2 Å². The fourth-order valence-corrected chi connectivity index (χ4v) is 3.71. The number of hydrogen-bond donors (Lipinski definition) is 2. The fraction of sp³-hybridized carbons (Fsp3) is 0.524. The van der Waals surface area contributed by atoms with Crippen molar-refractivity contribution in [2.45, 2.75) is 19.4 Å². The van der Waals surface area contributed by atoms with Gasteiger partial charge < -0.3 is 25.2 Å². The lowest BCUT2D eigenvalue weighted by Gasteiger charge is -2.37. The minimum atomic E-state index is -0.847. The van der Waals surface area contributed by atoms with Gasteiger partial charge in [0.15, 0.2) is 0 Å². The SMILES string of the molecule is CCOc1ccc(NC(=O)C[C@@H]2C(=O)NCCN2C(=O)CN2CCN(C=O)CC2)cc1. The second-order valence-electron chi connectivity index (χ2n) is 7.52. The second kappa shape index (κ2) is 10.8. The first-order valence-corrected chi connectivity index (χ1v) is 10.5. The summed E-state index contributed by atoms with van der Waals surface area (Å²) in [5, 5.41) is 5.51. The van der Waals surface area contributed by atoms with Gasteiger partial charge in [0.05, 0.1) is 19.6 Å². The lowest BCUT2D eigenvalue weighted by Crippen LogP contribution is -2.60. The van der Waals surface area contributed by atoms with Crippen LogP contribution in [-0.4, -0.2) is 97.3 Å². The van der Waals surface area contributed by atoms with Crippen LogP contribution >= 0.6 is 0 Å². The van der Waals surface area contributed by atoms with Gasteiger partial charge in [-0.15, -0.1) is 0 Å². The Hall–Kier alpha value is -3.14. The van der Waals surface area contributed by atoms with E-state index in [-0.39, 0.29) is 30.7 Å². The molecule has 10 nitrogen and oxygen atoms in total. The zero-order valence-electron chi connectivity index (χ0n) is 17.7. The molecule has 2 heterocycles. The summed E-state index contributed by atoms with van der Waals surface area (Å²) in [6, 6.07) is 6.12. The fourth-order valence-electron chi connectivity index (χ4n) is 3.71. The van der Waals surface area contributed by atoms with Gasteiger partial charge in [0, 0.05) is 45.0 Å². The van der Waals surface area contributed by atoms with E-state index in [0.29, 0.717) is 57.3 Å². The van der Waals surface area contributed by atoms with Crippen LogP contribution in [-0.2, 0) is 19.2 Å². The van der Waals surface area contributed by atoms with Gasteiger partial charge in [-0.3, -0.25) is 24.1 Å². The average Bonchev–Trinajstić information content (AvgIpc) is 2.77. The number of carbonyl (C=O) groups is 4. The van der Waals surface area contributed by atoms with Crippen LogP contribution in [0.5, 0.6) is 5.75 Å². The van der Waals surface area contributed by atoms with Gasteiger partial charge >= 0.3 is 0 Å². The first kappa shape index (κ1) is 22.5. The van der Waals surface area contributed by atoms with Crippen molar-refractivity contribution in [2.75, 3.05) is 57.7 Å². The average molecular weight is 431 g/mol. The molecule has 10 heteroatoms. The Kier molecular flexibility index (Phi) is 7.82. The maximum absolute atomic E-state index is 12.9. The van der Waals surface area contributed by atoms with E-state index in [1.807, 2.05) is 11.8 Å². The Morgan fingerprint density at radius 3 is 2.52 bits per heavy atom. The van der Waals surface area contributed by atoms with Crippen molar-refractivity contribution in [1.82, 2.24) is 20.0 Å². The third-order valence-corrected chi connectivity index (χ3v) is 5.39. The molecule has 2 N–H and O–H groups in total. The molecule has 31 heavy (non-hydrogen) atoms. The highest BCUT2D eigenvalue weighted by Crippen LogP contribution is 2.17. The highest BCUT2D eigenvalue weighted by atomic mass is 16.5. The molecule has 0 bridgehead atoms. The van der Waals surface area contributed by atoms with Crippen LogP contribution in [0.3, 0.4) is 0 Å². The highest BCUT2D eigenvalue weighted by molar-refractivity contribution is 5.97. The molecule has 4 amide bonds. The lowest BCUT2D eigenvalue weighted by molar-refractivity contribution is -0.145. The first-order chi connectivity index (χ1) is 15.0. The minimum Gasteiger partial charge on any atom is -0.494 e. The van der Waals surface area contributed by atoms with Crippen molar-refractivity contribution in [1.29, 1.82) is 0 Å². The van der Waals surface area contributed by atoms with Gasteiger partial charge in [-0.25, -0.2) is 0 Å². The Morgan fingerprint density at radius 2 is 1.87 bits per heavy atom. The maximum atomic E-state index is 12.9. The molecular weight excluding hydrogens is 402 g/mol. The normalized spacial score (nSPS) is 19.5. The molecule has 0 aliphatic carbocycles. The number of anilines is 1. The summed E-state index contributed by atoms with van der Waals surface area (Å²) in [4.78, 5) is 53.8. The van der Waals surface area contributed by atoms with Crippen LogP contribution in [0.2, 0.25) is 0 Å². The molecule has 1 aromatic rings. The van der Waals surface area contributed by atoms with Gasteiger partial charge in [0.25, 0.3) is 0 Å². The zero-order chi connectivity index (χ0) is 22.2. The number of benzene rings is 1. The number of rotatable bonds is 8. The lowest BCUT2D eigenvalue weighted by atomic mass is 10.1. The number of piperazine rings is 2. The molecule has 0 aromatic heterocycles. The Balaban J connectivity index is 1.56. The number of amides is 4. The standard InChI is InChI=1S/C21H29N5O5/c1-2-31-17-5-3-16(4-6-17)23-19(28)13-18-21(30)22-7-8-26(18)20(29)14-24-9-11-25(15-27)12-10-24/h3-6,15,18H,2,7-14H2,1H3,(H,22,30)(H,23,28)/t18-/m1/s1. The monoisotopic (exact) mass is 431 g/mol. The molecule has 1 atom stereocenters. The maximum Gasteiger partial charge on any atom is 0.243 e. The summed E-state index contributed by atoms with van der Waals surface area (Å²) >= 11 is 0. The number of ether oxygens (including phenoxy) is 1. The van der Waals surface area contributed by atoms with E-state index in [1.165, 1.54) is 4.90 Å². The molecule has 2 aliphatic rings. The predicted octanol–water partition coefficient (Wildman–Crippen LogP) is -0.485. The van der Waals surface area contributed by atoms with Crippen LogP contribution in [0.4, 0.5) is 5.69 Å². The Labute approximate surface area is 181 Å². The van der Waals surface area contributed by atoms with Crippen LogP contribution in [0.1, 0.15) is 13.3 Å². The largest absolute Gasteiger partial charge is 0.494 e. The van der Waals surface area contributed by atoms with Crippen molar-refractivity contribution in [2.24, 2.45) is 0 Å². The Bertz CT molecular complexity index is 792. The molecular formula is C21H29N5O5. The van der Waals surface area contributed by atoms with Crippen LogP contribution in [0.15, 0.2) is 24.3 Å². The molecule has 2 aliphatic heterocycles. The molecule has 3 rings (SSSR count). The van der Waals surface area contributed by atoms with E-state index >= 15 is 0 Å². The van der Waals surface area contributed by atoms with E-state index in [0.717, 1.165) is 6.41 Å². The first-order valence-electron chi connectivity index (χ1n) is 10.5. The van der Waals surface area contributed by atoms with E-state index in [9.17, 15) is 19.2 Å². The highest BCUT2D eigenvalue weighted by Gasteiger charge is 2.35. The van der Waals surface area contributed by atoms with Crippen LogP contribution < -0.4 is 15.4 Å². The summed E-state index contributed by atoms with van der Waals surface area (Å²) in [6.45, 7) is 5.69. The summed E-state index contributed by atoms with van der Waals surface area (Å²) in [5.74, 6) is -0.151. The molecule has 1 aromatic carbocycles. The Morgan fingerprint density at radius 1 is 1.16 bits per heavy atom. The summed E-state index contributed by atoms with van der Waals surface area (Å²) < 4.78 is 5.38. The molecule has 0 spiro atoms. The number of carbonyl (C=O) groups excluding carboxylic acids is 4. The molecule has 168 valence electrons. The second-order valence-corrected chi connectivity index (χ2v) is 7.52. The molecule has 2 fully saturated rings. The quantitative estimate of drug-likeness (QED) is 0.538. The predicted molar refractivity (Wildman–Crippen MR) is 113 cm³/mol. The molecule has 0 unspecified atom stereocenters. The molecule has 0 saturated carbocycles. The van der Waals surface area contributed by atoms with Crippen LogP contribution in [0, 0.1) is 0 Å². The van der Waals surface area contributed by atoms with Crippen molar-refractivity contribution in [3.63, 3.8) is 0 Å². The smallest absolute Gasteiger partial charge is 0.243 e. The van der Waals surface area contributed by atoms with E-state index in [4.69, 9.17) is 4.74 Å². The zero-order valence-corrected chi connectivity index (χ0v) is 17.7. The van der Waals surface area contributed by atoms with E-state index in [1.54, 1.807) is 29.2 Å². The topological polar surface area (TPSA) is 111 Å². The number of nitrogens with one attached hydrogen (secondary N) is 2. The van der Waals surface area contributed by atoms with Crippen LogP contribution in [0.25, 0.3) is 0 Å². The molecule has 0 radical (unpaired) electrons. The van der Waals surface area contributed by atoms with E-state index < -0.39 is 6.04 Å². The minimum absolute atomic E-state index is 0.121. The van der Waals surface area contributed by atoms with Crippen molar-refractivity contribution in [3.05, 3.63) is 24.3 Å². The van der Waals surface area contributed by atoms with Crippen molar-refractivity contribution < 1.29 is 23.9 Å². The van der Waals surface area contributed by atoms with Crippen molar-refractivity contribution >= 4 is 29.8 Å². The summed E-state index contributed by atoms with van der Waals surface area (Å²) in [6.07, 6.45) is 0.691. The number of hydrogen-bond acceptors (Lipinski definition) is 6. The summed E-state index contributed by atoms with van der Waals surface area (Å²) in [7, 11) is 0.